The average molecular weight is 394 g/mol. The van der Waals surface area contributed by atoms with Gasteiger partial charge in [-0.15, -0.1) is 0 Å². The Bertz CT molecular complexity index is 592. The van der Waals surface area contributed by atoms with Gasteiger partial charge >= 0.3 is 5.97 Å². The standard InChI is InChI=1S/C18H26N2O3.C4H11N.H2/c1-13(2)18(21)23-15(14-7-5-4-6-8-14)16-17(22-16)20-11-9-19(3)10-12-20;1-4(2)5-3;/h4-8,13,15-17H,9-12H2,1-3H3;4-5H,1-3H3;1H. The van der Waals surface area contributed by atoms with Gasteiger partial charge in [-0.2, -0.15) is 0 Å². The molecule has 28 heavy (non-hydrogen) atoms. The minimum Gasteiger partial charge on any atom is -0.454 e. The van der Waals surface area contributed by atoms with Crippen LogP contribution < -0.4 is 5.32 Å². The van der Waals surface area contributed by atoms with Crippen molar-refractivity contribution in [2.75, 3.05) is 40.3 Å². The number of likely N-dealkylation sites (N-methyl/N-ethyl adjacent to an activating group) is 1. The number of hydrogen-bond donors (Lipinski definition) is 1. The van der Waals surface area contributed by atoms with Crippen LogP contribution in [0.15, 0.2) is 30.3 Å². The predicted octanol–water partition coefficient (Wildman–Crippen LogP) is 2.76. The quantitative estimate of drug-likeness (QED) is 0.592. The van der Waals surface area contributed by atoms with E-state index in [0.29, 0.717) is 6.04 Å². The zero-order chi connectivity index (χ0) is 20.7. The monoisotopic (exact) mass is 393 g/mol. The van der Waals surface area contributed by atoms with Crippen molar-refractivity contribution < 1.29 is 15.7 Å². The third kappa shape index (κ3) is 6.85. The third-order valence-corrected chi connectivity index (χ3v) is 5.12. The zero-order valence-electron chi connectivity index (χ0n) is 18.2. The van der Waals surface area contributed by atoms with E-state index < -0.39 is 0 Å². The van der Waals surface area contributed by atoms with Gasteiger partial charge in [0, 0.05) is 33.6 Å². The number of esters is 1. The summed E-state index contributed by atoms with van der Waals surface area (Å²) >= 11 is 0. The van der Waals surface area contributed by atoms with E-state index in [4.69, 9.17) is 9.47 Å². The van der Waals surface area contributed by atoms with E-state index in [0.717, 1.165) is 31.7 Å². The largest absolute Gasteiger partial charge is 0.454 e. The van der Waals surface area contributed by atoms with Crippen LogP contribution in [0.2, 0.25) is 0 Å². The molecule has 0 amide bonds. The molecule has 160 valence electrons. The van der Waals surface area contributed by atoms with Gasteiger partial charge in [-0.1, -0.05) is 58.0 Å². The topological polar surface area (TPSA) is 57.3 Å². The highest BCUT2D eigenvalue weighted by atomic mass is 16.6. The summed E-state index contributed by atoms with van der Waals surface area (Å²) < 4.78 is 11.7. The van der Waals surface area contributed by atoms with Crippen molar-refractivity contribution >= 4 is 5.97 Å². The first-order valence-corrected chi connectivity index (χ1v) is 10.3. The number of piperazine rings is 1. The number of hydrogen-bond acceptors (Lipinski definition) is 6. The lowest BCUT2D eigenvalue weighted by Gasteiger charge is -2.31. The number of ether oxygens (including phenoxy) is 2. The number of carbonyl (C=O) groups excluding carboxylic acids is 1. The molecule has 2 aliphatic rings. The zero-order valence-corrected chi connectivity index (χ0v) is 18.2. The van der Waals surface area contributed by atoms with E-state index in [1.807, 2.05) is 51.2 Å². The van der Waals surface area contributed by atoms with E-state index in [2.05, 4.69) is 36.0 Å². The number of carbonyl (C=O) groups is 1. The summed E-state index contributed by atoms with van der Waals surface area (Å²) in [5.41, 5.74) is 1.00. The highest BCUT2D eigenvalue weighted by molar-refractivity contribution is 5.72. The molecule has 0 aromatic heterocycles. The van der Waals surface area contributed by atoms with E-state index in [9.17, 15) is 4.79 Å². The Balaban J connectivity index is 0.000000628. The summed E-state index contributed by atoms with van der Waals surface area (Å²) in [5, 5.41) is 3.03. The van der Waals surface area contributed by atoms with Crippen LogP contribution in [0.5, 0.6) is 0 Å². The maximum Gasteiger partial charge on any atom is 0.309 e. The van der Waals surface area contributed by atoms with Gasteiger partial charge in [0.05, 0.1) is 5.92 Å². The van der Waals surface area contributed by atoms with Crippen LogP contribution >= 0.6 is 0 Å². The van der Waals surface area contributed by atoms with Gasteiger partial charge in [0.15, 0.2) is 6.10 Å². The minimum atomic E-state index is -0.323. The summed E-state index contributed by atoms with van der Waals surface area (Å²) in [7, 11) is 4.09. The van der Waals surface area contributed by atoms with Crippen LogP contribution in [0.3, 0.4) is 0 Å². The number of benzene rings is 1. The van der Waals surface area contributed by atoms with Crippen molar-refractivity contribution in [3.05, 3.63) is 35.9 Å². The van der Waals surface area contributed by atoms with Crippen LogP contribution in [-0.4, -0.2) is 74.4 Å². The second-order valence-corrected chi connectivity index (χ2v) is 8.20. The van der Waals surface area contributed by atoms with E-state index in [1.165, 1.54) is 0 Å². The van der Waals surface area contributed by atoms with Crippen molar-refractivity contribution in [1.82, 2.24) is 15.1 Å². The van der Waals surface area contributed by atoms with Crippen molar-refractivity contribution in [3.63, 3.8) is 0 Å². The molecule has 2 fully saturated rings. The Morgan fingerprint density at radius 1 is 1.14 bits per heavy atom. The van der Waals surface area contributed by atoms with E-state index in [-0.39, 0.29) is 31.7 Å². The summed E-state index contributed by atoms with van der Waals surface area (Å²) in [5.74, 6) is -0.312. The summed E-state index contributed by atoms with van der Waals surface area (Å²) in [6, 6.07) is 10.5. The Labute approximate surface area is 171 Å². The van der Waals surface area contributed by atoms with Crippen molar-refractivity contribution in [2.24, 2.45) is 5.92 Å². The second-order valence-electron chi connectivity index (χ2n) is 8.20. The minimum absolute atomic E-state index is 0. The maximum absolute atomic E-state index is 12.1. The first-order valence-electron chi connectivity index (χ1n) is 10.3. The molecule has 0 saturated carbocycles. The molecular weight excluding hydrogens is 354 g/mol. The molecule has 3 atom stereocenters. The fourth-order valence-electron chi connectivity index (χ4n) is 2.94. The highest BCUT2D eigenvalue weighted by Crippen LogP contribution is 2.39. The number of nitrogens with zero attached hydrogens (tertiary/aromatic N) is 2. The predicted molar refractivity (Wildman–Crippen MR) is 114 cm³/mol. The summed E-state index contributed by atoms with van der Waals surface area (Å²) in [4.78, 5) is 16.8. The van der Waals surface area contributed by atoms with Gasteiger partial charge in [0.2, 0.25) is 0 Å². The molecule has 1 aromatic carbocycles. The van der Waals surface area contributed by atoms with Gasteiger partial charge in [-0.25, -0.2) is 0 Å². The molecule has 6 heteroatoms. The molecule has 1 N–H and O–H groups in total. The normalized spacial score (nSPS) is 23.9. The van der Waals surface area contributed by atoms with Crippen LogP contribution in [-0.2, 0) is 14.3 Å². The fraction of sp³-hybridized carbons (Fsp3) is 0.682. The molecule has 2 aliphatic heterocycles. The van der Waals surface area contributed by atoms with Crippen LogP contribution in [0.4, 0.5) is 0 Å². The molecule has 3 rings (SSSR count). The van der Waals surface area contributed by atoms with Crippen LogP contribution in [0.25, 0.3) is 0 Å². The van der Waals surface area contributed by atoms with Gasteiger partial charge < -0.3 is 19.7 Å². The van der Waals surface area contributed by atoms with Gasteiger partial charge in [-0.3, -0.25) is 9.69 Å². The van der Waals surface area contributed by atoms with Crippen molar-refractivity contribution in [3.8, 4) is 0 Å². The molecule has 0 aliphatic carbocycles. The maximum atomic E-state index is 12.1. The van der Waals surface area contributed by atoms with Crippen LogP contribution in [0.1, 0.15) is 40.8 Å². The third-order valence-electron chi connectivity index (χ3n) is 5.12. The SMILES string of the molecule is CC(C)C(=O)OC(c1ccccc1)C1OC1N1CCN(C)CC1.CNC(C)C.[HH]. The lowest BCUT2D eigenvalue weighted by atomic mass is 10.1. The lowest BCUT2D eigenvalue weighted by Crippen LogP contribution is -2.46. The van der Waals surface area contributed by atoms with E-state index >= 15 is 0 Å². The Morgan fingerprint density at radius 3 is 2.21 bits per heavy atom. The second kappa shape index (κ2) is 10.9. The highest BCUT2D eigenvalue weighted by Gasteiger charge is 2.51. The van der Waals surface area contributed by atoms with Crippen LogP contribution in [0, 0.1) is 5.92 Å². The average Bonchev–Trinajstić information content (AvgIpc) is 3.48. The molecule has 0 radical (unpaired) electrons. The Morgan fingerprint density at radius 2 is 1.71 bits per heavy atom. The smallest absolute Gasteiger partial charge is 0.309 e. The van der Waals surface area contributed by atoms with E-state index in [1.54, 1.807) is 0 Å². The van der Waals surface area contributed by atoms with Gasteiger partial charge in [-0.05, 0) is 19.7 Å². The lowest BCUT2D eigenvalue weighted by molar-refractivity contribution is -0.154. The summed E-state index contributed by atoms with van der Waals surface area (Å²) in [6.45, 7) is 12.0. The molecule has 0 bridgehead atoms. The number of nitrogens with one attached hydrogen (secondary N) is 1. The molecule has 1 aromatic rings. The molecule has 2 saturated heterocycles. The fourth-order valence-corrected chi connectivity index (χ4v) is 2.94. The molecular formula is C22H39N3O3. The van der Waals surface area contributed by atoms with Crippen molar-refractivity contribution in [1.29, 1.82) is 0 Å². The van der Waals surface area contributed by atoms with Gasteiger partial charge in [0.1, 0.15) is 12.3 Å². The first kappa shape index (κ1) is 22.8. The first-order chi connectivity index (χ1) is 13.3. The van der Waals surface area contributed by atoms with Crippen molar-refractivity contribution in [2.45, 2.75) is 52.2 Å². The van der Waals surface area contributed by atoms with Gasteiger partial charge in [0.25, 0.3) is 0 Å². The molecule has 0 spiro atoms. The number of epoxide rings is 1. The molecule has 2 heterocycles. The summed E-state index contributed by atoms with van der Waals surface area (Å²) in [6.07, 6.45) is -0.326. The molecule has 3 unspecified atom stereocenters. The molecule has 6 nitrogen and oxygen atoms in total. The Kier molecular flexibility index (Phi) is 8.89. The Hall–Kier alpha value is -1.47. The number of rotatable bonds is 6.